The zero-order chi connectivity index (χ0) is 34.6. The van der Waals surface area contributed by atoms with Gasteiger partial charge in [0.15, 0.2) is 23.6 Å². The van der Waals surface area contributed by atoms with E-state index in [4.69, 9.17) is 31.8 Å². The zero-order valence-electron chi connectivity index (χ0n) is 26.4. The third-order valence-corrected chi connectivity index (χ3v) is 8.26. The van der Waals surface area contributed by atoms with Crippen molar-refractivity contribution < 1.29 is 32.2 Å². The summed E-state index contributed by atoms with van der Waals surface area (Å²) >= 11 is 0. The molecule has 254 valence electrons. The molecule has 2 aliphatic heterocycles. The first kappa shape index (κ1) is 33.8. The number of benzene rings is 2. The van der Waals surface area contributed by atoms with Gasteiger partial charge < -0.3 is 40.0 Å². The molecule has 1 aromatic heterocycles. The van der Waals surface area contributed by atoms with Gasteiger partial charge in [0, 0.05) is 26.2 Å². The van der Waals surface area contributed by atoms with Crippen molar-refractivity contribution in [3.8, 4) is 34.3 Å². The molecule has 0 saturated carbocycles. The standard InChI is InChI=1S/C32H36F3N9O4/c1-46-25-17-21(19-7-11-42(12-8-19)30(36)37)3-5-23(25)27-40-41-28(44(27)15-16-48-29(45)32(33,34)35)24-6-4-22(18-26(24)47-2)20-9-13-43(14-10-20)31(38)39/h3-7,9,17-18H,8,10-16H2,1-2H3,(H3,36,37)(H3,38,39). The lowest BCUT2D eigenvalue weighted by Gasteiger charge is -2.27. The van der Waals surface area contributed by atoms with Gasteiger partial charge in [0.05, 0.1) is 31.9 Å². The minimum atomic E-state index is -5.14. The number of nitrogens with two attached hydrogens (primary N) is 2. The highest BCUT2D eigenvalue weighted by Gasteiger charge is 2.41. The van der Waals surface area contributed by atoms with Crippen molar-refractivity contribution in [3.05, 3.63) is 59.7 Å². The summed E-state index contributed by atoms with van der Waals surface area (Å²) in [7, 11) is 3.00. The highest BCUT2D eigenvalue weighted by Crippen LogP contribution is 2.38. The highest BCUT2D eigenvalue weighted by atomic mass is 19.4. The number of nitrogens with one attached hydrogen (secondary N) is 2. The Balaban J connectivity index is 1.52. The second-order valence-corrected chi connectivity index (χ2v) is 11.1. The lowest BCUT2D eigenvalue weighted by molar-refractivity contribution is -0.199. The van der Waals surface area contributed by atoms with Crippen LogP contribution in [0.2, 0.25) is 0 Å². The highest BCUT2D eigenvalue weighted by molar-refractivity contribution is 5.80. The molecule has 0 radical (unpaired) electrons. The molecular weight excluding hydrogens is 631 g/mol. The predicted octanol–water partition coefficient (Wildman–Crippen LogP) is 3.70. The average molecular weight is 668 g/mol. The average Bonchev–Trinajstić information content (AvgIpc) is 3.50. The Morgan fingerprint density at radius 3 is 1.65 bits per heavy atom. The maximum absolute atomic E-state index is 12.9. The van der Waals surface area contributed by atoms with E-state index in [2.05, 4.69) is 14.9 Å². The van der Waals surface area contributed by atoms with Crippen molar-refractivity contribution in [1.82, 2.24) is 24.6 Å². The van der Waals surface area contributed by atoms with Gasteiger partial charge in [-0.2, -0.15) is 13.2 Å². The number of rotatable bonds is 9. The van der Waals surface area contributed by atoms with E-state index in [0.717, 1.165) is 22.3 Å². The number of ether oxygens (including phenoxy) is 3. The smallest absolute Gasteiger partial charge is 0.490 e. The molecular formula is C32H36F3N9O4. The number of carbonyl (C=O) groups excluding carboxylic acids is 1. The normalized spacial score (nSPS) is 15.0. The fraction of sp³-hybridized carbons (Fsp3) is 0.344. The first-order valence-corrected chi connectivity index (χ1v) is 15.0. The molecule has 0 amide bonds. The van der Waals surface area contributed by atoms with Crippen LogP contribution in [0.1, 0.15) is 24.0 Å². The van der Waals surface area contributed by atoms with Gasteiger partial charge in [-0.3, -0.25) is 10.8 Å². The van der Waals surface area contributed by atoms with Gasteiger partial charge in [0.2, 0.25) is 0 Å². The van der Waals surface area contributed by atoms with Gasteiger partial charge in [-0.25, -0.2) is 4.79 Å². The number of nitrogens with zero attached hydrogens (tertiary/aromatic N) is 5. The van der Waals surface area contributed by atoms with Crippen LogP contribution >= 0.6 is 0 Å². The summed E-state index contributed by atoms with van der Waals surface area (Å²) in [6.07, 6.45) is 0.173. The molecule has 2 aromatic carbocycles. The van der Waals surface area contributed by atoms with E-state index in [-0.39, 0.29) is 30.1 Å². The summed E-state index contributed by atoms with van der Waals surface area (Å²) < 4.78 is 56.3. The minimum absolute atomic E-state index is 0.00707. The second kappa shape index (κ2) is 14.1. The van der Waals surface area contributed by atoms with E-state index < -0.39 is 18.8 Å². The van der Waals surface area contributed by atoms with Crippen molar-refractivity contribution in [2.24, 2.45) is 11.5 Å². The third kappa shape index (κ3) is 7.21. The number of hydrogen-bond acceptors (Lipinski definition) is 8. The van der Waals surface area contributed by atoms with Gasteiger partial charge in [-0.05, 0) is 59.4 Å². The molecule has 13 nitrogen and oxygen atoms in total. The number of halogens is 3. The van der Waals surface area contributed by atoms with Crippen molar-refractivity contribution >= 4 is 29.0 Å². The number of methoxy groups -OCH3 is 2. The molecule has 0 atom stereocenters. The first-order chi connectivity index (χ1) is 22.9. The number of carbonyl (C=O) groups is 1. The van der Waals surface area contributed by atoms with Gasteiger partial charge in [0.1, 0.15) is 18.1 Å². The molecule has 2 aliphatic rings. The van der Waals surface area contributed by atoms with Crippen LogP contribution in [0.4, 0.5) is 13.2 Å². The molecule has 0 aliphatic carbocycles. The topological polar surface area (TPSA) is 182 Å². The van der Waals surface area contributed by atoms with Crippen molar-refractivity contribution in [3.63, 3.8) is 0 Å². The zero-order valence-corrected chi connectivity index (χ0v) is 26.4. The Bertz CT molecular complexity index is 1670. The number of esters is 1. The molecule has 0 saturated heterocycles. The summed E-state index contributed by atoms with van der Waals surface area (Å²) in [5.74, 6) is -0.831. The van der Waals surface area contributed by atoms with Crippen molar-refractivity contribution in [1.29, 1.82) is 10.8 Å². The number of aromatic nitrogens is 3. The summed E-state index contributed by atoms with van der Waals surface area (Å²) in [4.78, 5) is 15.0. The van der Waals surface area contributed by atoms with E-state index >= 15 is 0 Å². The predicted molar refractivity (Wildman–Crippen MR) is 173 cm³/mol. The lowest BCUT2D eigenvalue weighted by Crippen LogP contribution is -2.39. The maximum atomic E-state index is 12.9. The van der Waals surface area contributed by atoms with Crippen LogP contribution in [-0.4, -0.2) is 95.6 Å². The number of alkyl halides is 3. The summed E-state index contributed by atoms with van der Waals surface area (Å²) in [6.45, 7) is 1.38. The molecule has 16 heteroatoms. The molecule has 6 N–H and O–H groups in total. The Labute approximate surface area is 274 Å². The Morgan fingerprint density at radius 1 is 0.833 bits per heavy atom. The van der Waals surface area contributed by atoms with Gasteiger partial charge in [-0.1, -0.05) is 24.3 Å². The quantitative estimate of drug-likeness (QED) is 0.149. The maximum Gasteiger partial charge on any atom is 0.490 e. The van der Waals surface area contributed by atoms with Crippen LogP contribution in [-0.2, 0) is 16.1 Å². The molecule has 3 aromatic rings. The van der Waals surface area contributed by atoms with Crippen LogP contribution < -0.4 is 20.9 Å². The third-order valence-electron chi connectivity index (χ3n) is 8.26. The van der Waals surface area contributed by atoms with Gasteiger partial charge in [0.25, 0.3) is 0 Å². The largest absolute Gasteiger partial charge is 0.496 e. The summed E-state index contributed by atoms with van der Waals surface area (Å²) in [5, 5.41) is 24.2. The van der Waals surface area contributed by atoms with E-state index in [0.29, 0.717) is 61.6 Å². The van der Waals surface area contributed by atoms with E-state index in [1.54, 1.807) is 26.5 Å². The van der Waals surface area contributed by atoms with E-state index in [9.17, 15) is 18.0 Å². The molecule has 0 fully saturated rings. The Kier molecular flexibility index (Phi) is 9.91. The van der Waals surface area contributed by atoms with Crippen LogP contribution in [0.3, 0.4) is 0 Å². The molecule has 0 bridgehead atoms. The van der Waals surface area contributed by atoms with Crippen molar-refractivity contribution in [2.45, 2.75) is 25.6 Å². The fourth-order valence-corrected chi connectivity index (χ4v) is 5.68. The van der Waals surface area contributed by atoms with Crippen LogP contribution in [0.25, 0.3) is 33.9 Å². The van der Waals surface area contributed by atoms with Crippen LogP contribution in [0.5, 0.6) is 11.5 Å². The van der Waals surface area contributed by atoms with E-state index in [1.165, 1.54) is 14.2 Å². The first-order valence-electron chi connectivity index (χ1n) is 15.0. The molecule has 48 heavy (non-hydrogen) atoms. The van der Waals surface area contributed by atoms with Crippen molar-refractivity contribution in [2.75, 3.05) is 47.0 Å². The molecule has 5 rings (SSSR count). The lowest BCUT2D eigenvalue weighted by atomic mass is 9.97. The summed E-state index contributed by atoms with van der Waals surface area (Å²) in [5.41, 5.74) is 16.2. The number of guanidine groups is 2. The molecule has 0 unspecified atom stereocenters. The van der Waals surface area contributed by atoms with Gasteiger partial charge >= 0.3 is 12.1 Å². The summed E-state index contributed by atoms with van der Waals surface area (Å²) in [6, 6.07) is 11.0. The molecule has 0 spiro atoms. The SMILES string of the molecule is COc1cc(C2=CCN(C(=N)N)CC2)ccc1-c1nnc(-c2ccc(C3=CCN(C(=N)N)CC3)cc2OC)n1CCOC(=O)C(F)(F)F. The van der Waals surface area contributed by atoms with Crippen LogP contribution in [0.15, 0.2) is 48.6 Å². The Morgan fingerprint density at radius 2 is 1.29 bits per heavy atom. The minimum Gasteiger partial charge on any atom is -0.496 e. The number of hydrogen-bond donors (Lipinski definition) is 4. The molecule has 3 heterocycles. The van der Waals surface area contributed by atoms with Gasteiger partial charge in [-0.15, -0.1) is 10.2 Å². The van der Waals surface area contributed by atoms with Crippen LogP contribution in [0, 0.1) is 10.8 Å². The Hall–Kier alpha value is -5.54. The monoisotopic (exact) mass is 667 g/mol. The van der Waals surface area contributed by atoms with E-state index in [1.807, 2.05) is 36.4 Å². The second-order valence-electron chi connectivity index (χ2n) is 11.1. The fourth-order valence-electron chi connectivity index (χ4n) is 5.68.